The van der Waals surface area contributed by atoms with E-state index in [1.165, 1.54) is 11.8 Å². The van der Waals surface area contributed by atoms with Crippen molar-refractivity contribution in [2.24, 2.45) is 7.05 Å². The Morgan fingerprint density at radius 3 is 2.86 bits per heavy atom. The summed E-state index contributed by atoms with van der Waals surface area (Å²) in [6.45, 7) is 0. The summed E-state index contributed by atoms with van der Waals surface area (Å²) >= 11 is 1.45. The standard InChI is InChI=1S/C5H8N8S/c1-13-4(6)9-10-5(13)14-2-3-7-11-12-8-3/h2H2,1H3,(H2,6,9)(H,7,8,11,12). The number of aromatic amines is 1. The van der Waals surface area contributed by atoms with Crippen LogP contribution in [0, 0.1) is 0 Å². The Morgan fingerprint density at radius 1 is 1.43 bits per heavy atom. The zero-order valence-electron chi connectivity index (χ0n) is 7.38. The number of nitrogen functional groups attached to an aromatic ring is 1. The minimum absolute atomic E-state index is 0.389. The summed E-state index contributed by atoms with van der Waals surface area (Å²) in [4.78, 5) is 0. The predicted octanol–water partition coefficient (Wildman–Crippen LogP) is -0.797. The number of anilines is 1. The van der Waals surface area contributed by atoms with Gasteiger partial charge in [-0.3, -0.25) is 4.57 Å². The van der Waals surface area contributed by atoms with Crippen LogP contribution < -0.4 is 5.73 Å². The summed E-state index contributed by atoms with van der Waals surface area (Å²) in [6, 6.07) is 0. The first-order chi connectivity index (χ1) is 6.77. The van der Waals surface area contributed by atoms with Crippen molar-refractivity contribution in [2.75, 3.05) is 5.73 Å². The Bertz CT molecular complexity index is 405. The molecule has 0 unspecified atom stereocenters. The van der Waals surface area contributed by atoms with Crippen LogP contribution in [0.25, 0.3) is 0 Å². The molecule has 14 heavy (non-hydrogen) atoms. The van der Waals surface area contributed by atoms with Crippen LogP contribution >= 0.6 is 11.8 Å². The van der Waals surface area contributed by atoms with Gasteiger partial charge in [-0.15, -0.1) is 20.4 Å². The lowest BCUT2D eigenvalue weighted by Crippen LogP contribution is -1.98. The van der Waals surface area contributed by atoms with Gasteiger partial charge in [-0.1, -0.05) is 17.0 Å². The maximum Gasteiger partial charge on any atom is 0.222 e. The van der Waals surface area contributed by atoms with Gasteiger partial charge in [-0.25, -0.2) is 0 Å². The van der Waals surface area contributed by atoms with Crippen molar-refractivity contribution in [1.29, 1.82) is 0 Å². The van der Waals surface area contributed by atoms with E-state index in [-0.39, 0.29) is 0 Å². The molecule has 0 bridgehead atoms. The number of thioether (sulfide) groups is 1. The third-order valence-electron chi connectivity index (χ3n) is 1.59. The number of hydrogen-bond donors (Lipinski definition) is 2. The summed E-state index contributed by atoms with van der Waals surface area (Å²) in [6.07, 6.45) is 0. The molecule has 0 saturated carbocycles. The number of H-pyrrole nitrogens is 1. The number of aromatic nitrogens is 7. The van der Waals surface area contributed by atoms with Crippen LogP contribution in [0.1, 0.15) is 5.82 Å². The van der Waals surface area contributed by atoms with Gasteiger partial charge in [0.25, 0.3) is 0 Å². The first kappa shape index (κ1) is 8.94. The van der Waals surface area contributed by atoms with Crippen LogP contribution in [0.4, 0.5) is 5.95 Å². The molecule has 74 valence electrons. The van der Waals surface area contributed by atoms with Gasteiger partial charge in [0.1, 0.15) is 0 Å². The monoisotopic (exact) mass is 212 g/mol. The first-order valence-corrected chi connectivity index (χ1v) is 4.76. The Balaban J connectivity index is 2.02. The van der Waals surface area contributed by atoms with Crippen molar-refractivity contribution in [3.63, 3.8) is 0 Å². The molecule has 3 N–H and O–H groups in total. The molecule has 0 radical (unpaired) electrons. The van der Waals surface area contributed by atoms with Crippen LogP contribution in [0.15, 0.2) is 5.16 Å². The lowest BCUT2D eigenvalue weighted by molar-refractivity contribution is 0.795. The van der Waals surface area contributed by atoms with Gasteiger partial charge in [-0.05, 0) is 0 Å². The van der Waals surface area contributed by atoms with E-state index >= 15 is 0 Å². The third kappa shape index (κ3) is 1.66. The molecular weight excluding hydrogens is 204 g/mol. The number of nitrogens with zero attached hydrogens (tertiary/aromatic N) is 6. The number of nitrogens with one attached hydrogen (secondary N) is 1. The Labute approximate surface area is 83.3 Å². The molecule has 2 aromatic heterocycles. The summed E-state index contributed by atoms with van der Waals surface area (Å²) < 4.78 is 1.70. The molecule has 8 nitrogen and oxygen atoms in total. The second-order valence-corrected chi connectivity index (χ2v) is 3.46. The fraction of sp³-hybridized carbons (Fsp3) is 0.400. The minimum Gasteiger partial charge on any atom is -0.368 e. The highest BCUT2D eigenvalue weighted by Gasteiger charge is 2.07. The molecule has 0 fully saturated rings. The highest BCUT2D eigenvalue weighted by Crippen LogP contribution is 2.18. The van der Waals surface area contributed by atoms with Gasteiger partial charge >= 0.3 is 0 Å². The molecule has 2 aromatic rings. The Kier molecular flexibility index (Phi) is 2.31. The number of nitrogens with two attached hydrogens (primary N) is 1. The van der Waals surface area contributed by atoms with Crippen LogP contribution in [0.5, 0.6) is 0 Å². The maximum atomic E-state index is 5.52. The average Bonchev–Trinajstić information content (AvgIpc) is 2.77. The lowest BCUT2D eigenvalue weighted by Gasteiger charge is -1.97. The number of tetrazole rings is 1. The van der Waals surface area contributed by atoms with Crippen molar-refractivity contribution in [3.05, 3.63) is 5.82 Å². The van der Waals surface area contributed by atoms with E-state index < -0.39 is 0 Å². The summed E-state index contributed by atoms with van der Waals surface area (Å²) in [5.74, 6) is 1.60. The van der Waals surface area contributed by atoms with Crippen LogP contribution in [-0.4, -0.2) is 35.4 Å². The molecule has 0 saturated heterocycles. The normalized spacial score (nSPS) is 10.6. The second-order valence-electron chi connectivity index (χ2n) is 2.52. The number of rotatable bonds is 3. The highest BCUT2D eigenvalue weighted by molar-refractivity contribution is 7.98. The van der Waals surface area contributed by atoms with Crippen LogP contribution in [0.2, 0.25) is 0 Å². The van der Waals surface area contributed by atoms with E-state index in [1.54, 1.807) is 11.6 Å². The smallest absolute Gasteiger partial charge is 0.222 e. The molecule has 2 heterocycles. The van der Waals surface area contributed by atoms with E-state index in [4.69, 9.17) is 5.73 Å². The molecule has 2 rings (SSSR count). The van der Waals surface area contributed by atoms with Crippen LogP contribution in [-0.2, 0) is 12.8 Å². The maximum absolute atomic E-state index is 5.52. The van der Waals surface area contributed by atoms with Gasteiger partial charge in [0.05, 0.1) is 5.75 Å². The largest absolute Gasteiger partial charge is 0.368 e. The van der Waals surface area contributed by atoms with E-state index in [2.05, 4.69) is 30.8 Å². The Hall–Kier alpha value is -1.64. The van der Waals surface area contributed by atoms with Crippen molar-refractivity contribution in [1.82, 2.24) is 35.4 Å². The summed E-state index contributed by atoms with van der Waals surface area (Å²) in [7, 11) is 1.80. The SMILES string of the molecule is Cn1c(N)nnc1SCc1nn[nH]n1. The molecule has 9 heteroatoms. The second kappa shape index (κ2) is 3.62. The van der Waals surface area contributed by atoms with Crippen molar-refractivity contribution in [3.8, 4) is 0 Å². The van der Waals surface area contributed by atoms with Gasteiger partial charge in [0, 0.05) is 7.05 Å². The summed E-state index contributed by atoms with van der Waals surface area (Å²) in [5, 5.41) is 21.8. The quantitative estimate of drug-likeness (QED) is 0.641. The van der Waals surface area contributed by atoms with Gasteiger partial charge in [0.15, 0.2) is 11.0 Å². The van der Waals surface area contributed by atoms with Gasteiger partial charge < -0.3 is 5.73 Å². The van der Waals surface area contributed by atoms with Crippen molar-refractivity contribution < 1.29 is 0 Å². The zero-order valence-corrected chi connectivity index (χ0v) is 8.19. The van der Waals surface area contributed by atoms with Crippen molar-refractivity contribution in [2.45, 2.75) is 10.9 Å². The molecule has 0 atom stereocenters. The van der Waals surface area contributed by atoms with E-state index in [0.29, 0.717) is 17.5 Å². The Morgan fingerprint density at radius 2 is 2.29 bits per heavy atom. The van der Waals surface area contributed by atoms with Gasteiger partial charge in [0.2, 0.25) is 5.95 Å². The van der Waals surface area contributed by atoms with E-state index in [9.17, 15) is 0 Å². The lowest BCUT2D eigenvalue weighted by atomic mass is 10.8. The molecule has 0 amide bonds. The predicted molar refractivity (Wildman–Crippen MR) is 49.2 cm³/mol. The van der Waals surface area contributed by atoms with Gasteiger partial charge in [-0.2, -0.15) is 5.21 Å². The fourth-order valence-corrected chi connectivity index (χ4v) is 1.59. The average molecular weight is 212 g/mol. The van der Waals surface area contributed by atoms with Crippen LogP contribution in [0.3, 0.4) is 0 Å². The highest BCUT2D eigenvalue weighted by atomic mass is 32.2. The van der Waals surface area contributed by atoms with E-state index in [1.807, 2.05) is 0 Å². The zero-order chi connectivity index (χ0) is 9.97. The third-order valence-corrected chi connectivity index (χ3v) is 2.60. The molecule has 0 aliphatic rings. The first-order valence-electron chi connectivity index (χ1n) is 3.77. The van der Waals surface area contributed by atoms with E-state index in [0.717, 1.165) is 5.16 Å². The molecule has 0 aromatic carbocycles. The molecular formula is C5H8N8S. The fourth-order valence-electron chi connectivity index (χ4n) is 0.825. The molecule has 0 aliphatic heterocycles. The number of hydrogen-bond acceptors (Lipinski definition) is 7. The topological polar surface area (TPSA) is 111 Å². The molecule has 0 aliphatic carbocycles. The van der Waals surface area contributed by atoms with Crippen molar-refractivity contribution >= 4 is 17.7 Å². The molecule has 0 spiro atoms. The minimum atomic E-state index is 0.389. The summed E-state index contributed by atoms with van der Waals surface area (Å²) in [5.41, 5.74) is 5.52.